The molecule has 0 aliphatic heterocycles. The van der Waals surface area contributed by atoms with Crippen molar-refractivity contribution in [3.05, 3.63) is 47.5 Å². The zero-order chi connectivity index (χ0) is 19.8. The summed E-state index contributed by atoms with van der Waals surface area (Å²) in [5, 5.41) is 4.47. The van der Waals surface area contributed by atoms with Gasteiger partial charge in [0, 0.05) is 18.5 Å². The Bertz CT molecular complexity index is 1190. The van der Waals surface area contributed by atoms with E-state index < -0.39 is 0 Å². The third kappa shape index (κ3) is 3.45. The highest BCUT2D eigenvalue weighted by Gasteiger charge is 2.15. The number of aryl methyl sites for hydroxylation is 2. The van der Waals surface area contributed by atoms with Crippen LogP contribution in [0.2, 0.25) is 0 Å². The molecule has 1 N–H and O–H groups in total. The fraction of sp³-hybridized carbons (Fsp3) is 0.318. The molecule has 0 saturated heterocycles. The summed E-state index contributed by atoms with van der Waals surface area (Å²) in [5.41, 5.74) is 7.24. The Morgan fingerprint density at radius 1 is 1.07 bits per heavy atom. The van der Waals surface area contributed by atoms with Gasteiger partial charge in [0.05, 0.1) is 28.1 Å². The molecule has 0 spiro atoms. The Hall–Kier alpha value is -2.57. The number of hydrogen-bond acceptors (Lipinski definition) is 4. The van der Waals surface area contributed by atoms with Crippen LogP contribution in [0.25, 0.3) is 33.1 Å². The van der Waals surface area contributed by atoms with Gasteiger partial charge in [0.1, 0.15) is 5.52 Å². The van der Waals surface area contributed by atoms with Gasteiger partial charge in [-0.25, -0.2) is 9.97 Å². The topological polar surface area (TPSA) is 46.0 Å². The highest BCUT2D eigenvalue weighted by molar-refractivity contribution is 7.80. The highest BCUT2D eigenvalue weighted by atomic mass is 32.1. The first-order valence-corrected chi connectivity index (χ1v) is 9.92. The molecule has 0 aliphatic rings. The Morgan fingerprint density at radius 2 is 1.75 bits per heavy atom. The summed E-state index contributed by atoms with van der Waals surface area (Å²) in [6.45, 7) is 6.59. The van der Waals surface area contributed by atoms with E-state index in [-0.39, 0.29) is 0 Å². The summed E-state index contributed by atoms with van der Waals surface area (Å²) in [5.74, 6) is 0. The number of thiocarbonyl (C=S) groups is 1. The molecule has 6 heteroatoms. The molecule has 28 heavy (non-hydrogen) atoms. The molecular formula is C22H25N5S. The van der Waals surface area contributed by atoms with Gasteiger partial charge < -0.3 is 14.8 Å². The largest absolute Gasteiger partial charge is 0.377 e. The number of aromatic nitrogens is 3. The van der Waals surface area contributed by atoms with Gasteiger partial charge in [0.25, 0.3) is 0 Å². The summed E-state index contributed by atoms with van der Waals surface area (Å²) in [4.78, 5) is 12.9. The van der Waals surface area contributed by atoms with Crippen LogP contribution in [0.15, 0.2) is 36.4 Å². The minimum absolute atomic E-state index is 0.595. The van der Waals surface area contributed by atoms with E-state index in [0.29, 0.717) is 6.54 Å². The maximum Gasteiger partial charge on any atom is 0.160 e. The fourth-order valence-corrected chi connectivity index (χ4v) is 3.70. The highest BCUT2D eigenvalue weighted by Crippen LogP contribution is 2.29. The predicted molar refractivity (Wildman–Crippen MR) is 121 cm³/mol. The Labute approximate surface area is 170 Å². The lowest BCUT2D eigenvalue weighted by Crippen LogP contribution is -2.32. The number of para-hydroxylation sites is 1. The van der Waals surface area contributed by atoms with Gasteiger partial charge in [0.2, 0.25) is 0 Å². The first-order chi connectivity index (χ1) is 13.4. The second-order valence-corrected chi connectivity index (χ2v) is 8.07. The molecule has 2 aromatic carbocycles. The van der Waals surface area contributed by atoms with Crippen LogP contribution in [-0.2, 0) is 6.54 Å². The van der Waals surface area contributed by atoms with E-state index in [4.69, 9.17) is 22.2 Å². The standard InChI is InChI=1S/C22H25N5S/c1-14-11-17-18(12-15(14)2)25-22-21(24-17)16-7-5-6-8-19(16)27(22)13-20(28)23-9-10-26(3)4/h5-8,11-12H,9-10,13H2,1-4H3,(H,23,28). The van der Waals surface area contributed by atoms with Crippen LogP contribution in [0.4, 0.5) is 0 Å². The second-order valence-electron chi connectivity index (χ2n) is 7.58. The Kier molecular flexibility index (Phi) is 5.00. The molecule has 0 atom stereocenters. The molecule has 0 fully saturated rings. The Balaban J connectivity index is 1.82. The number of nitrogens with zero attached hydrogens (tertiary/aromatic N) is 4. The third-order valence-corrected chi connectivity index (χ3v) is 5.42. The van der Waals surface area contributed by atoms with E-state index in [9.17, 15) is 0 Å². The van der Waals surface area contributed by atoms with Crippen LogP contribution < -0.4 is 5.32 Å². The molecule has 0 radical (unpaired) electrons. The van der Waals surface area contributed by atoms with Gasteiger partial charge in [-0.15, -0.1) is 0 Å². The number of hydrogen-bond donors (Lipinski definition) is 1. The number of rotatable bonds is 5. The monoisotopic (exact) mass is 391 g/mol. The summed E-state index contributed by atoms with van der Waals surface area (Å²) in [6, 6.07) is 12.6. The van der Waals surface area contributed by atoms with E-state index in [1.165, 1.54) is 11.1 Å². The molecule has 0 unspecified atom stereocenters. The molecule has 5 nitrogen and oxygen atoms in total. The van der Waals surface area contributed by atoms with E-state index in [2.05, 4.69) is 67.0 Å². The second kappa shape index (κ2) is 7.45. The molecule has 4 rings (SSSR count). The van der Waals surface area contributed by atoms with E-state index >= 15 is 0 Å². The average molecular weight is 392 g/mol. The maximum absolute atomic E-state index is 5.62. The molecule has 0 saturated carbocycles. The van der Waals surface area contributed by atoms with Crippen molar-refractivity contribution in [1.29, 1.82) is 0 Å². The number of benzene rings is 2. The molecule has 4 aromatic rings. The first-order valence-electron chi connectivity index (χ1n) is 9.51. The summed E-state index contributed by atoms with van der Waals surface area (Å²) >= 11 is 5.62. The lowest BCUT2D eigenvalue weighted by atomic mass is 10.1. The van der Waals surface area contributed by atoms with E-state index in [1.807, 2.05) is 12.1 Å². The van der Waals surface area contributed by atoms with Crippen LogP contribution in [0.3, 0.4) is 0 Å². The quantitative estimate of drug-likeness (QED) is 0.524. The number of likely N-dealkylation sites (N-methyl/N-ethyl adjacent to an activating group) is 1. The number of fused-ring (bicyclic) bond motifs is 4. The van der Waals surface area contributed by atoms with Gasteiger partial charge in [0.15, 0.2) is 5.65 Å². The van der Waals surface area contributed by atoms with Crippen LogP contribution in [0, 0.1) is 13.8 Å². The van der Waals surface area contributed by atoms with Crippen molar-refractivity contribution in [2.45, 2.75) is 20.4 Å². The molecule has 0 amide bonds. The zero-order valence-electron chi connectivity index (χ0n) is 16.8. The van der Waals surface area contributed by atoms with Crippen LogP contribution >= 0.6 is 12.2 Å². The summed E-state index contributed by atoms with van der Waals surface area (Å²) in [6.07, 6.45) is 0. The molecule has 0 aliphatic carbocycles. The van der Waals surface area contributed by atoms with E-state index in [1.54, 1.807) is 0 Å². The molecule has 2 heterocycles. The smallest absolute Gasteiger partial charge is 0.160 e. The number of nitrogens with one attached hydrogen (secondary N) is 1. The summed E-state index contributed by atoms with van der Waals surface area (Å²) in [7, 11) is 4.12. The van der Waals surface area contributed by atoms with Gasteiger partial charge in [-0.1, -0.05) is 30.4 Å². The van der Waals surface area contributed by atoms with Crippen molar-refractivity contribution in [3.63, 3.8) is 0 Å². The normalized spacial score (nSPS) is 11.8. The van der Waals surface area contributed by atoms with Crippen molar-refractivity contribution in [2.24, 2.45) is 0 Å². The fourth-order valence-electron chi connectivity index (χ4n) is 3.47. The van der Waals surface area contributed by atoms with Crippen LogP contribution in [0.1, 0.15) is 11.1 Å². The predicted octanol–water partition coefficient (Wildman–Crippen LogP) is 3.83. The van der Waals surface area contributed by atoms with Gasteiger partial charge >= 0.3 is 0 Å². The minimum Gasteiger partial charge on any atom is -0.377 e. The van der Waals surface area contributed by atoms with Crippen molar-refractivity contribution >= 4 is 50.3 Å². The van der Waals surface area contributed by atoms with Crippen LogP contribution in [0.5, 0.6) is 0 Å². The molecule has 0 bridgehead atoms. The van der Waals surface area contributed by atoms with Crippen molar-refractivity contribution in [2.75, 3.05) is 27.2 Å². The molecule has 144 valence electrons. The SMILES string of the molecule is Cc1cc2nc3c4ccccc4n(CC(=S)NCCN(C)C)c3nc2cc1C. The van der Waals surface area contributed by atoms with Gasteiger partial charge in [-0.05, 0) is 57.3 Å². The zero-order valence-corrected chi connectivity index (χ0v) is 17.6. The van der Waals surface area contributed by atoms with Crippen molar-refractivity contribution in [1.82, 2.24) is 24.8 Å². The van der Waals surface area contributed by atoms with Crippen molar-refractivity contribution in [3.8, 4) is 0 Å². The lowest BCUT2D eigenvalue weighted by Gasteiger charge is -2.13. The third-order valence-electron chi connectivity index (χ3n) is 5.15. The van der Waals surface area contributed by atoms with Crippen molar-refractivity contribution < 1.29 is 0 Å². The molecular weight excluding hydrogens is 366 g/mol. The average Bonchev–Trinajstić information content (AvgIpc) is 2.94. The molecule has 2 aromatic heterocycles. The van der Waals surface area contributed by atoms with Gasteiger partial charge in [-0.3, -0.25) is 0 Å². The van der Waals surface area contributed by atoms with Gasteiger partial charge in [-0.2, -0.15) is 0 Å². The van der Waals surface area contributed by atoms with Crippen LogP contribution in [-0.4, -0.2) is 51.6 Å². The minimum atomic E-state index is 0.595. The summed E-state index contributed by atoms with van der Waals surface area (Å²) < 4.78 is 2.18. The maximum atomic E-state index is 5.62. The first kappa shape index (κ1) is 18.8. The lowest BCUT2D eigenvalue weighted by molar-refractivity contribution is 0.412. The van der Waals surface area contributed by atoms with E-state index in [0.717, 1.165) is 51.2 Å². The Morgan fingerprint density at radius 3 is 2.46 bits per heavy atom.